The second kappa shape index (κ2) is 19.0. The number of rotatable bonds is 11. The van der Waals surface area contributed by atoms with Gasteiger partial charge in [-0.2, -0.15) is 0 Å². The number of amides is 5. The van der Waals surface area contributed by atoms with E-state index in [0.717, 1.165) is 0 Å². The van der Waals surface area contributed by atoms with Crippen molar-refractivity contribution in [2.24, 2.45) is 0 Å². The van der Waals surface area contributed by atoms with Gasteiger partial charge < -0.3 is 49.9 Å². The third-order valence-corrected chi connectivity index (χ3v) is 7.72. The Kier molecular flexibility index (Phi) is 15.1. The molecule has 16 heteroatoms. The second-order valence-corrected chi connectivity index (χ2v) is 14.5. The van der Waals surface area contributed by atoms with Crippen molar-refractivity contribution in [3.8, 4) is 22.6 Å². The molecule has 1 aliphatic heterocycles. The zero-order valence-electron chi connectivity index (χ0n) is 32.5. The van der Waals surface area contributed by atoms with Gasteiger partial charge in [0.2, 0.25) is 17.7 Å². The number of carbonyl (C=O) groups is 6. The van der Waals surface area contributed by atoms with Gasteiger partial charge in [0.25, 0.3) is 0 Å². The van der Waals surface area contributed by atoms with Gasteiger partial charge in [-0.05, 0) is 76.9 Å². The molecular weight excluding hydrogens is 702 g/mol. The lowest BCUT2D eigenvalue weighted by atomic mass is 9.94. The van der Waals surface area contributed by atoms with Crippen molar-refractivity contribution in [2.75, 3.05) is 47.0 Å². The SMILES string of the molecule is CCC(=O)N(C)[C@@H]1C(=O)NCC(=O)N[C@H](C(=O)OC)Cc2ccc(OCCNC(=O)OC(C)(C)C)c(c2)-c2cc1ccc2OCCNC(=O)OC(C)(C)C. The van der Waals surface area contributed by atoms with Crippen molar-refractivity contribution >= 4 is 35.9 Å². The van der Waals surface area contributed by atoms with E-state index in [1.54, 1.807) is 84.9 Å². The Morgan fingerprint density at radius 2 is 1.37 bits per heavy atom. The van der Waals surface area contributed by atoms with E-state index < -0.39 is 59.8 Å². The quantitative estimate of drug-likeness (QED) is 0.149. The summed E-state index contributed by atoms with van der Waals surface area (Å²) in [5.74, 6) is -1.62. The second-order valence-electron chi connectivity index (χ2n) is 14.5. The third kappa shape index (κ3) is 13.1. The summed E-state index contributed by atoms with van der Waals surface area (Å²) in [6, 6.07) is 7.84. The topological polar surface area (TPSA) is 200 Å². The van der Waals surface area contributed by atoms with Crippen molar-refractivity contribution in [3.63, 3.8) is 0 Å². The van der Waals surface area contributed by atoms with Gasteiger partial charge in [0, 0.05) is 31.0 Å². The number of nitrogens with one attached hydrogen (secondary N) is 4. The molecule has 0 saturated heterocycles. The number of alkyl carbamates (subject to hydrolysis) is 2. The molecule has 3 rings (SSSR count). The van der Waals surface area contributed by atoms with Gasteiger partial charge in [0.1, 0.15) is 48.0 Å². The van der Waals surface area contributed by atoms with Crippen molar-refractivity contribution in [1.82, 2.24) is 26.2 Å². The fourth-order valence-corrected chi connectivity index (χ4v) is 5.38. The lowest BCUT2D eigenvalue weighted by Crippen LogP contribution is -2.49. The summed E-state index contributed by atoms with van der Waals surface area (Å²) in [6.07, 6.45) is -1.10. The number of benzene rings is 2. The molecule has 5 amide bonds. The van der Waals surface area contributed by atoms with E-state index in [1.165, 1.54) is 19.1 Å². The standard InChI is InChI=1S/C38H53N5O11/c1-10-31(45)43(8)32-24-12-14-29(52-18-16-40-36(49)54-38(5,6)7)26(21-24)25-19-23(20-27(34(47)50-9)42-30(44)22-41-33(32)46)11-13-28(25)51-17-15-39-35(48)53-37(2,3)4/h11-14,19,21,27,32H,10,15-18,20,22H2,1-9H3,(H,39,48)(H,40,49)(H,41,46)(H,42,44)/t27-,32-/m0/s1. The molecule has 0 aliphatic carbocycles. The Labute approximate surface area is 315 Å². The van der Waals surface area contributed by atoms with Crippen LogP contribution in [0, 0.1) is 0 Å². The fraction of sp³-hybridized carbons (Fsp3) is 0.526. The first-order valence-electron chi connectivity index (χ1n) is 17.7. The first-order valence-corrected chi connectivity index (χ1v) is 17.7. The minimum absolute atomic E-state index is 0.0197. The van der Waals surface area contributed by atoms with Crippen molar-refractivity contribution in [3.05, 3.63) is 47.5 Å². The number of methoxy groups -OCH3 is 1. The molecule has 4 N–H and O–H groups in total. The number of ether oxygens (including phenoxy) is 5. The zero-order valence-corrected chi connectivity index (χ0v) is 32.5. The van der Waals surface area contributed by atoms with Crippen LogP contribution in [-0.4, -0.2) is 105 Å². The molecule has 296 valence electrons. The van der Waals surface area contributed by atoms with Gasteiger partial charge in [-0.1, -0.05) is 19.1 Å². The summed E-state index contributed by atoms with van der Waals surface area (Å²) < 4.78 is 28.0. The maximum Gasteiger partial charge on any atom is 0.407 e. The molecule has 0 radical (unpaired) electrons. The molecule has 0 spiro atoms. The smallest absolute Gasteiger partial charge is 0.407 e. The normalized spacial score (nSPS) is 16.0. The maximum atomic E-state index is 13.8. The van der Waals surface area contributed by atoms with Crippen LogP contribution < -0.4 is 30.7 Å². The van der Waals surface area contributed by atoms with Crippen LogP contribution in [0.2, 0.25) is 0 Å². The van der Waals surface area contributed by atoms with Gasteiger partial charge in [-0.15, -0.1) is 0 Å². The van der Waals surface area contributed by atoms with E-state index in [1.807, 2.05) is 0 Å². The maximum absolute atomic E-state index is 13.8. The van der Waals surface area contributed by atoms with Gasteiger partial charge in [-0.3, -0.25) is 14.4 Å². The largest absolute Gasteiger partial charge is 0.491 e. The van der Waals surface area contributed by atoms with Crippen LogP contribution in [0.1, 0.15) is 72.1 Å². The van der Waals surface area contributed by atoms with E-state index in [0.29, 0.717) is 33.8 Å². The van der Waals surface area contributed by atoms with Crippen LogP contribution >= 0.6 is 0 Å². The average molecular weight is 756 g/mol. The molecule has 2 atom stereocenters. The summed E-state index contributed by atoms with van der Waals surface area (Å²) in [5, 5.41) is 10.5. The first-order chi connectivity index (χ1) is 25.3. The fourth-order valence-electron chi connectivity index (χ4n) is 5.38. The van der Waals surface area contributed by atoms with Gasteiger partial charge in [0.05, 0.1) is 26.7 Å². The number of esters is 1. The molecular formula is C38H53N5O11. The van der Waals surface area contributed by atoms with Crippen molar-refractivity contribution < 1.29 is 52.5 Å². The van der Waals surface area contributed by atoms with Crippen molar-refractivity contribution in [1.29, 1.82) is 0 Å². The number of nitrogens with zero attached hydrogens (tertiary/aromatic N) is 1. The molecule has 0 saturated carbocycles. The molecule has 0 unspecified atom stereocenters. The Hall–Kier alpha value is -5.54. The monoisotopic (exact) mass is 755 g/mol. The molecule has 1 heterocycles. The van der Waals surface area contributed by atoms with Gasteiger partial charge in [-0.25, -0.2) is 14.4 Å². The summed E-state index contributed by atoms with van der Waals surface area (Å²) in [5.41, 5.74) is 0.551. The van der Waals surface area contributed by atoms with Crippen LogP contribution in [0.5, 0.6) is 11.5 Å². The highest BCUT2D eigenvalue weighted by molar-refractivity contribution is 5.93. The number of hydrogen-bond donors (Lipinski definition) is 4. The summed E-state index contributed by atoms with van der Waals surface area (Å²) in [6.45, 7) is 11.9. The minimum atomic E-state index is -1.17. The minimum Gasteiger partial charge on any atom is -0.491 e. The van der Waals surface area contributed by atoms with Gasteiger partial charge >= 0.3 is 18.2 Å². The highest BCUT2D eigenvalue weighted by atomic mass is 16.6. The third-order valence-electron chi connectivity index (χ3n) is 7.72. The summed E-state index contributed by atoms with van der Waals surface area (Å²) in [4.78, 5) is 78.4. The first kappa shape index (κ1) is 42.9. The van der Waals surface area contributed by atoms with Crippen LogP contribution in [0.15, 0.2) is 36.4 Å². The number of likely N-dealkylation sites (N-methyl/N-ethyl adjacent to an activating group) is 1. The Morgan fingerprint density at radius 3 is 1.89 bits per heavy atom. The van der Waals surface area contributed by atoms with E-state index in [9.17, 15) is 28.8 Å². The Balaban J connectivity index is 2.15. The highest BCUT2D eigenvalue weighted by Gasteiger charge is 2.31. The average Bonchev–Trinajstić information content (AvgIpc) is 3.09. The van der Waals surface area contributed by atoms with E-state index in [4.69, 9.17) is 23.7 Å². The van der Waals surface area contributed by atoms with Crippen LogP contribution in [0.3, 0.4) is 0 Å². The molecule has 2 aromatic rings. The van der Waals surface area contributed by atoms with Crippen molar-refractivity contribution in [2.45, 2.75) is 84.6 Å². The molecule has 2 aromatic carbocycles. The molecule has 0 fully saturated rings. The molecule has 16 nitrogen and oxygen atoms in total. The lowest BCUT2D eigenvalue weighted by Gasteiger charge is -2.29. The van der Waals surface area contributed by atoms with E-state index >= 15 is 0 Å². The van der Waals surface area contributed by atoms with E-state index in [2.05, 4.69) is 21.3 Å². The number of hydrogen-bond acceptors (Lipinski definition) is 11. The predicted molar refractivity (Wildman–Crippen MR) is 198 cm³/mol. The molecule has 1 aliphatic rings. The zero-order chi connectivity index (χ0) is 40.2. The molecule has 54 heavy (non-hydrogen) atoms. The highest BCUT2D eigenvalue weighted by Crippen LogP contribution is 2.40. The van der Waals surface area contributed by atoms with Crippen LogP contribution in [0.25, 0.3) is 11.1 Å². The molecule has 0 aromatic heterocycles. The summed E-state index contributed by atoms with van der Waals surface area (Å²) in [7, 11) is 2.69. The van der Waals surface area contributed by atoms with Gasteiger partial charge in [0.15, 0.2) is 0 Å². The van der Waals surface area contributed by atoms with Crippen LogP contribution in [-0.2, 0) is 39.8 Å². The molecule has 4 bridgehead atoms. The summed E-state index contributed by atoms with van der Waals surface area (Å²) >= 11 is 0. The Morgan fingerprint density at radius 1 is 0.833 bits per heavy atom. The lowest BCUT2D eigenvalue weighted by molar-refractivity contribution is -0.145. The number of fused-ring (bicyclic) bond motifs is 5. The van der Waals surface area contributed by atoms with Crippen LogP contribution in [0.4, 0.5) is 9.59 Å². The number of carbonyl (C=O) groups excluding carboxylic acids is 6. The Bertz CT molecular complexity index is 1680. The van der Waals surface area contributed by atoms with E-state index in [-0.39, 0.29) is 45.1 Å². The predicted octanol–water partition coefficient (Wildman–Crippen LogP) is 3.40.